The molecule has 0 aliphatic carbocycles. The van der Waals surface area contributed by atoms with Crippen LogP contribution in [-0.2, 0) is 4.74 Å². The van der Waals surface area contributed by atoms with Gasteiger partial charge in [0.2, 0.25) is 0 Å². The molecule has 13 heteroatoms. The summed E-state index contributed by atoms with van der Waals surface area (Å²) in [6, 6.07) is 7.38. The standard InChI is InChI=1S/C32H36BrClFN7O3/c1-16(2)24-26(19(5)36-29(33)38-24)42-28-21(13-22(34)25(37-28)20-11-9-10-12-23(20)35)27(39-30(42)43)40-14-18(4)41(15-17(40)3)31(44)45-32(6,7)8/h9-13,16-18H,14-15H2,1-8H3/t17-,18+/m0/s1. The highest BCUT2D eigenvalue weighted by molar-refractivity contribution is 9.10. The van der Waals surface area contributed by atoms with Crippen molar-refractivity contribution in [2.24, 2.45) is 0 Å². The van der Waals surface area contributed by atoms with E-state index in [-0.39, 0.29) is 39.9 Å². The van der Waals surface area contributed by atoms with Gasteiger partial charge >= 0.3 is 11.8 Å². The van der Waals surface area contributed by atoms with Crippen LogP contribution in [0.4, 0.5) is 15.0 Å². The van der Waals surface area contributed by atoms with E-state index >= 15 is 4.39 Å². The van der Waals surface area contributed by atoms with E-state index in [9.17, 15) is 9.59 Å². The first-order valence-electron chi connectivity index (χ1n) is 14.8. The molecular weight excluding hydrogens is 665 g/mol. The quantitative estimate of drug-likeness (QED) is 0.209. The van der Waals surface area contributed by atoms with Gasteiger partial charge < -0.3 is 14.5 Å². The van der Waals surface area contributed by atoms with Gasteiger partial charge in [0.05, 0.1) is 33.2 Å². The molecule has 4 heterocycles. The van der Waals surface area contributed by atoms with Crippen molar-refractivity contribution in [1.82, 2.24) is 29.4 Å². The van der Waals surface area contributed by atoms with Crippen molar-refractivity contribution >= 4 is 50.5 Å². The molecule has 3 aromatic heterocycles. The Morgan fingerprint density at radius 3 is 2.42 bits per heavy atom. The number of fused-ring (bicyclic) bond motifs is 1. The third-order valence-electron chi connectivity index (χ3n) is 7.64. The fourth-order valence-electron chi connectivity index (χ4n) is 5.60. The SMILES string of the molecule is Cc1nc(Br)nc(C(C)C)c1-n1c(=O)nc(N2C[C@@H](C)N(C(=O)OC(C)(C)C)C[C@@H]2C)c2cc(Cl)c(-c3ccccc3F)nc21. The first-order chi connectivity index (χ1) is 21.1. The average Bonchev–Trinajstić information content (AvgIpc) is 2.93. The highest BCUT2D eigenvalue weighted by atomic mass is 79.9. The lowest BCUT2D eigenvalue weighted by Crippen LogP contribution is -2.59. The van der Waals surface area contributed by atoms with Crippen molar-refractivity contribution in [3.8, 4) is 16.9 Å². The third kappa shape index (κ3) is 6.40. The molecule has 1 fully saturated rings. The molecule has 0 spiro atoms. The number of aryl methyl sites for hydroxylation is 1. The van der Waals surface area contributed by atoms with Gasteiger partial charge in [0.15, 0.2) is 10.4 Å². The zero-order valence-electron chi connectivity index (χ0n) is 26.5. The fourth-order valence-corrected chi connectivity index (χ4v) is 6.31. The van der Waals surface area contributed by atoms with E-state index in [0.717, 1.165) is 0 Å². The number of anilines is 1. The first-order valence-corrected chi connectivity index (χ1v) is 15.9. The maximum atomic E-state index is 15.1. The van der Waals surface area contributed by atoms with Crippen LogP contribution in [0.5, 0.6) is 0 Å². The summed E-state index contributed by atoms with van der Waals surface area (Å²) in [6.07, 6.45) is -0.402. The number of pyridine rings is 1. The smallest absolute Gasteiger partial charge is 0.410 e. The summed E-state index contributed by atoms with van der Waals surface area (Å²) in [7, 11) is 0. The number of hydrogen-bond donors (Lipinski definition) is 0. The molecule has 45 heavy (non-hydrogen) atoms. The fraction of sp³-hybridized carbons (Fsp3) is 0.438. The largest absolute Gasteiger partial charge is 0.444 e. The second kappa shape index (κ2) is 12.3. The minimum absolute atomic E-state index is 0.0835. The van der Waals surface area contributed by atoms with Gasteiger partial charge in [-0.3, -0.25) is 0 Å². The molecule has 0 bridgehead atoms. The molecule has 1 aliphatic rings. The van der Waals surface area contributed by atoms with Crippen molar-refractivity contribution in [2.75, 3.05) is 18.0 Å². The molecule has 0 N–H and O–H groups in total. The Hall–Kier alpha value is -3.64. The van der Waals surface area contributed by atoms with E-state index in [0.29, 0.717) is 46.1 Å². The number of ether oxygens (including phenoxy) is 1. The number of nitrogens with zero attached hydrogens (tertiary/aromatic N) is 7. The number of piperazine rings is 1. The number of aromatic nitrogens is 5. The van der Waals surface area contributed by atoms with Crippen LogP contribution < -0.4 is 10.6 Å². The van der Waals surface area contributed by atoms with Gasteiger partial charge in [-0.1, -0.05) is 37.6 Å². The van der Waals surface area contributed by atoms with Gasteiger partial charge in [-0.05, 0) is 81.6 Å². The lowest BCUT2D eigenvalue weighted by Gasteiger charge is -2.44. The number of halogens is 3. The summed E-state index contributed by atoms with van der Waals surface area (Å²) in [4.78, 5) is 49.4. The van der Waals surface area contributed by atoms with Gasteiger partial charge in [-0.2, -0.15) is 4.98 Å². The van der Waals surface area contributed by atoms with Crippen LogP contribution in [-0.4, -0.2) is 66.3 Å². The van der Waals surface area contributed by atoms with E-state index in [4.69, 9.17) is 21.3 Å². The second-order valence-corrected chi connectivity index (χ2v) is 13.8. The molecule has 1 amide bonds. The van der Waals surface area contributed by atoms with Crippen molar-refractivity contribution in [3.05, 3.63) is 67.8 Å². The number of amides is 1. The number of carbonyl (C=O) groups is 1. The molecular formula is C32H36BrClFN7O3. The van der Waals surface area contributed by atoms with Crippen molar-refractivity contribution < 1.29 is 13.9 Å². The Morgan fingerprint density at radius 1 is 1.09 bits per heavy atom. The summed E-state index contributed by atoms with van der Waals surface area (Å²) in [5, 5.41) is 0.684. The minimum atomic E-state index is -0.637. The summed E-state index contributed by atoms with van der Waals surface area (Å²) in [5.41, 5.74) is 0.984. The van der Waals surface area contributed by atoms with E-state index < -0.39 is 23.2 Å². The maximum Gasteiger partial charge on any atom is 0.410 e. The first kappa shape index (κ1) is 32.7. The third-order valence-corrected chi connectivity index (χ3v) is 8.29. The Bertz CT molecular complexity index is 1860. The molecule has 2 atom stereocenters. The maximum absolute atomic E-state index is 15.1. The molecule has 238 valence electrons. The highest BCUT2D eigenvalue weighted by Crippen LogP contribution is 2.36. The van der Waals surface area contributed by atoms with Crippen LogP contribution in [0.2, 0.25) is 5.02 Å². The van der Waals surface area contributed by atoms with Crippen LogP contribution >= 0.6 is 27.5 Å². The molecule has 0 radical (unpaired) electrons. The molecule has 4 aromatic rings. The number of rotatable bonds is 4. The van der Waals surface area contributed by atoms with Crippen LogP contribution in [0.1, 0.15) is 65.8 Å². The van der Waals surface area contributed by atoms with Crippen LogP contribution in [0.15, 0.2) is 39.9 Å². The summed E-state index contributed by atoms with van der Waals surface area (Å²) >= 11 is 10.2. The minimum Gasteiger partial charge on any atom is -0.444 e. The van der Waals surface area contributed by atoms with E-state index in [1.807, 2.05) is 53.4 Å². The lowest BCUT2D eigenvalue weighted by molar-refractivity contribution is 0.0130. The van der Waals surface area contributed by atoms with Gasteiger partial charge in [0.25, 0.3) is 0 Å². The normalized spacial score (nSPS) is 17.3. The average molecular weight is 701 g/mol. The Kier molecular flexibility index (Phi) is 8.93. The predicted octanol–water partition coefficient (Wildman–Crippen LogP) is 7.06. The summed E-state index contributed by atoms with van der Waals surface area (Å²) in [6.45, 7) is 15.8. The summed E-state index contributed by atoms with van der Waals surface area (Å²) in [5.74, 6) is -0.216. The Balaban J connectivity index is 1.76. The van der Waals surface area contributed by atoms with Gasteiger partial charge in [0, 0.05) is 30.7 Å². The molecule has 10 nitrogen and oxygen atoms in total. The molecule has 1 saturated heterocycles. The van der Waals surface area contributed by atoms with Crippen molar-refractivity contribution in [2.45, 2.75) is 79.0 Å². The van der Waals surface area contributed by atoms with Crippen molar-refractivity contribution in [3.63, 3.8) is 0 Å². The van der Waals surface area contributed by atoms with Gasteiger partial charge in [0.1, 0.15) is 17.2 Å². The monoisotopic (exact) mass is 699 g/mol. The summed E-state index contributed by atoms with van der Waals surface area (Å²) < 4.78 is 22.5. The molecule has 0 saturated carbocycles. The van der Waals surface area contributed by atoms with Crippen LogP contribution in [0, 0.1) is 12.7 Å². The number of carbonyl (C=O) groups excluding carboxylic acids is 1. The molecule has 1 aliphatic heterocycles. The van der Waals surface area contributed by atoms with E-state index in [1.54, 1.807) is 36.1 Å². The molecule has 5 rings (SSSR count). The number of hydrogen-bond acceptors (Lipinski definition) is 8. The van der Waals surface area contributed by atoms with Crippen LogP contribution in [0.3, 0.4) is 0 Å². The zero-order valence-corrected chi connectivity index (χ0v) is 28.9. The van der Waals surface area contributed by atoms with Crippen LogP contribution in [0.25, 0.3) is 28.0 Å². The highest BCUT2D eigenvalue weighted by Gasteiger charge is 2.36. The predicted molar refractivity (Wildman–Crippen MR) is 177 cm³/mol. The second-order valence-electron chi connectivity index (χ2n) is 12.7. The topological polar surface area (TPSA) is 106 Å². The Morgan fingerprint density at radius 2 is 1.78 bits per heavy atom. The van der Waals surface area contributed by atoms with E-state index in [1.165, 1.54) is 10.6 Å². The van der Waals surface area contributed by atoms with E-state index in [2.05, 4.69) is 30.9 Å². The number of benzene rings is 1. The Labute approximate surface area is 274 Å². The lowest BCUT2D eigenvalue weighted by atomic mass is 10.1. The zero-order chi connectivity index (χ0) is 33.0. The van der Waals surface area contributed by atoms with Gasteiger partial charge in [-0.25, -0.2) is 33.5 Å². The molecule has 1 aromatic carbocycles. The van der Waals surface area contributed by atoms with Gasteiger partial charge in [-0.15, -0.1) is 0 Å². The molecule has 0 unspecified atom stereocenters. The van der Waals surface area contributed by atoms with Crippen molar-refractivity contribution in [1.29, 1.82) is 0 Å².